The molecule has 0 radical (unpaired) electrons. The minimum absolute atomic E-state index is 0.0154. The Balaban J connectivity index is 2.31. The molecular weight excluding hydrogens is 468 g/mol. The second kappa shape index (κ2) is 12.4. The number of nitrogens with one attached hydrogen (secondary N) is 1. The summed E-state index contributed by atoms with van der Waals surface area (Å²) in [5.41, 5.74) is 0.175. The van der Waals surface area contributed by atoms with Crippen LogP contribution in [0.3, 0.4) is 0 Å². The average Bonchev–Trinajstić information content (AvgIpc) is 2.77. The van der Waals surface area contributed by atoms with Crippen LogP contribution in [0, 0.1) is 5.92 Å². The fourth-order valence-corrected chi connectivity index (χ4v) is 5.14. The Kier molecular flexibility index (Phi) is 10.1. The molecule has 0 aliphatic carbocycles. The second-order valence-electron chi connectivity index (χ2n) is 9.90. The Morgan fingerprint density at radius 1 is 1.03 bits per heavy atom. The molecule has 2 aromatic carbocycles. The van der Waals surface area contributed by atoms with Crippen molar-refractivity contribution in [3.05, 3.63) is 60.2 Å². The van der Waals surface area contributed by atoms with Gasteiger partial charge in [0.25, 0.3) is 0 Å². The maximum atomic E-state index is 13.5. The summed E-state index contributed by atoms with van der Waals surface area (Å²) in [6.45, 7) is 9.07. The van der Waals surface area contributed by atoms with E-state index in [1.165, 1.54) is 23.5 Å². The minimum Gasteiger partial charge on any atom is -0.497 e. The van der Waals surface area contributed by atoms with Crippen molar-refractivity contribution in [3.8, 4) is 5.75 Å². The number of nitrogens with zero attached hydrogens (tertiary/aromatic N) is 1. The van der Waals surface area contributed by atoms with Gasteiger partial charge in [-0.2, -0.15) is 4.31 Å². The molecule has 2 aromatic rings. The van der Waals surface area contributed by atoms with Crippen LogP contribution in [0.25, 0.3) is 0 Å². The molecule has 0 fully saturated rings. The first kappa shape index (κ1) is 28.6. The van der Waals surface area contributed by atoms with Gasteiger partial charge >= 0.3 is 6.09 Å². The molecule has 0 saturated heterocycles. The molecule has 0 bridgehead atoms. The first-order chi connectivity index (χ1) is 16.3. The molecule has 2 rings (SSSR count). The summed E-state index contributed by atoms with van der Waals surface area (Å²) in [6, 6.07) is 14.7. The van der Waals surface area contributed by atoms with Gasteiger partial charge in [-0.05, 0) is 62.9 Å². The van der Waals surface area contributed by atoms with E-state index in [0.29, 0.717) is 12.2 Å². The highest BCUT2D eigenvalue weighted by molar-refractivity contribution is 7.89. The highest BCUT2D eigenvalue weighted by atomic mass is 32.2. The molecule has 1 amide bonds. The zero-order valence-corrected chi connectivity index (χ0v) is 22.2. The van der Waals surface area contributed by atoms with E-state index < -0.39 is 33.9 Å². The molecule has 0 aliphatic rings. The number of methoxy groups -OCH3 is 1. The predicted octanol–water partition coefficient (Wildman–Crippen LogP) is 3.84. The first-order valence-electron chi connectivity index (χ1n) is 11.7. The lowest BCUT2D eigenvalue weighted by molar-refractivity contribution is 0.0400. The zero-order chi connectivity index (χ0) is 26.2. The number of hydrogen-bond acceptors (Lipinski definition) is 6. The number of alkyl carbamates (subject to hydrolysis) is 1. The number of aliphatic hydroxyl groups excluding tert-OH is 1. The van der Waals surface area contributed by atoms with Crippen molar-refractivity contribution < 1.29 is 27.8 Å². The molecule has 8 nitrogen and oxygen atoms in total. The summed E-state index contributed by atoms with van der Waals surface area (Å²) < 4.78 is 38.7. The van der Waals surface area contributed by atoms with Crippen LogP contribution in [0.4, 0.5) is 4.79 Å². The van der Waals surface area contributed by atoms with Crippen molar-refractivity contribution >= 4 is 16.1 Å². The number of carbonyl (C=O) groups excluding carboxylic acids is 1. The Bertz CT molecular complexity index is 1030. The van der Waals surface area contributed by atoms with E-state index in [2.05, 4.69) is 5.32 Å². The Morgan fingerprint density at radius 3 is 2.14 bits per heavy atom. The Hall–Kier alpha value is -2.62. The van der Waals surface area contributed by atoms with Gasteiger partial charge in [-0.25, -0.2) is 13.2 Å². The smallest absolute Gasteiger partial charge is 0.407 e. The molecule has 2 atom stereocenters. The van der Waals surface area contributed by atoms with Gasteiger partial charge in [0.1, 0.15) is 11.4 Å². The fourth-order valence-electron chi connectivity index (χ4n) is 3.52. The van der Waals surface area contributed by atoms with E-state index in [1.54, 1.807) is 32.9 Å². The number of sulfonamides is 1. The molecule has 35 heavy (non-hydrogen) atoms. The largest absolute Gasteiger partial charge is 0.497 e. The van der Waals surface area contributed by atoms with Crippen molar-refractivity contribution in [2.75, 3.05) is 20.2 Å². The summed E-state index contributed by atoms with van der Waals surface area (Å²) in [7, 11) is -2.40. The van der Waals surface area contributed by atoms with Gasteiger partial charge in [-0.15, -0.1) is 0 Å². The van der Waals surface area contributed by atoms with E-state index >= 15 is 0 Å². The average molecular weight is 507 g/mol. The Labute approximate surface area is 209 Å². The number of benzene rings is 2. The van der Waals surface area contributed by atoms with Crippen LogP contribution in [-0.2, 0) is 21.2 Å². The quantitative estimate of drug-likeness (QED) is 0.480. The number of hydrogen-bond donors (Lipinski definition) is 2. The van der Waals surface area contributed by atoms with Crippen LogP contribution in [0.2, 0.25) is 0 Å². The van der Waals surface area contributed by atoms with Gasteiger partial charge in [0, 0.05) is 13.1 Å². The van der Waals surface area contributed by atoms with Crippen LogP contribution in [0.5, 0.6) is 5.75 Å². The maximum absolute atomic E-state index is 13.5. The summed E-state index contributed by atoms with van der Waals surface area (Å²) in [4.78, 5) is 12.6. The van der Waals surface area contributed by atoms with E-state index in [1.807, 2.05) is 44.2 Å². The zero-order valence-electron chi connectivity index (χ0n) is 21.4. The third kappa shape index (κ3) is 9.16. The third-order valence-corrected chi connectivity index (χ3v) is 6.97. The molecule has 2 N–H and O–H groups in total. The van der Waals surface area contributed by atoms with Crippen LogP contribution >= 0.6 is 0 Å². The van der Waals surface area contributed by atoms with Crippen LogP contribution in [-0.4, -0.2) is 61.9 Å². The van der Waals surface area contributed by atoms with E-state index in [0.717, 1.165) is 5.56 Å². The SMILES string of the molecule is COc1ccc(S(=O)(=O)N(CC(C)C)C[C@H](O)[C@@H](Cc2ccccc2)NC(=O)OC(C)(C)C)cc1. The highest BCUT2D eigenvalue weighted by Gasteiger charge is 2.32. The monoisotopic (exact) mass is 506 g/mol. The molecule has 0 aliphatic heterocycles. The normalized spacial score (nSPS) is 14.0. The number of carbonyl (C=O) groups is 1. The molecule has 0 saturated carbocycles. The Morgan fingerprint density at radius 2 is 1.63 bits per heavy atom. The summed E-state index contributed by atoms with van der Waals surface area (Å²) in [5.74, 6) is 0.561. The lowest BCUT2D eigenvalue weighted by Gasteiger charge is -2.31. The van der Waals surface area contributed by atoms with Gasteiger partial charge < -0.3 is 19.9 Å². The van der Waals surface area contributed by atoms with Gasteiger partial charge in [0.05, 0.1) is 24.2 Å². The molecular formula is C26H38N2O6S. The van der Waals surface area contributed by atoms with Gasteiger partial charge in [0.2, 0.25) is 10.0 Å². The summed E-state index contributed by atoms with van der Waals surface area (Å²) in [5, 5.41) is 13.9. The lowest BCUT2D eigenvalue weighted by atomic mass is 10.0. The predicted molar refractivity (Wildman–Crippen MR) is 136 cm³/mol. The van der Waals surface area contributed by atoms with Gasteiger partial charge in [-0.1, -0.05) is 44.2 Å². The number of rotatable bonds is 11. The summed E-state index contributed by atoms with van der Waals surface area (Å²) >= 11 is 0. The van der Waals surface area contributed by atoms with Crippen molar-refractivity contribution in [2.24, 2.45) is 5.92 Å². The van der Waals surface area contributed by atoms with Crippen molar-refractivity contribution in [2.45, 2.75) is 63.7 Å². The molecule has 9 heteroatoms. The maximum Gasteiger partial charge on any atom is 0.407 e. The second-order valence-corrected chi connectivity index (χ2v) is 11.8. The van der Waals surface area contributed by atoms with Gasteiger partial charge in [0.15, 0.2) is 0 Å². The number of amides is 1. The lowest BCUT2D eigenvalue weighted by Crippen LogP contribution is -2.51. The highest BCUT2D eigenvalue weighted by Crippen LogP contribution is 2.22. The van der Waals surface area contributed by atoms with Gasteiger partial charge in [-0.3, -0.25) is 0 Å². The molecule has 0 heterocycles. The van der Waals surface area contributed by atoms with Crippen molar-refractivity contribution in [1.29, 1.82) is 0 Å². The van der Waals surface area contributed by atoms with Crippen LogP contribution in [0.15, 0.2) is 59.5 Å². The first-order valence-corrected chi connectivity index (χ1v) is 13.1. The van der Waals surface area contributed by atoms with E-state index in [4.69, 9.17) is 9.47 Å². The van der Waals surface area contributed by atoms with Crippen molar-refractivity contribution in [1.82, 2.24) is 9.62 Å². The summed E-state index contributed by atoms with van der Waals surface area (Å²) in [6.07, 6.45) is -1.56. The number of ether oxygens (including phenoxy) is 2. The number of aliphatic hydroxyl groups is 1. The van der Waals surface area contributed by atoms with Crippen LogP contribution in [0.1, 0.15) is 40.2 Å². The molecule has 0 aromatic heterocycles. The van der Waals surface area contributed by atoms with E-state index in [9.17, 15) is 18.3 Å². The topological polar surface area (TPSA) is 105 Å². The third-order valence-electron chi connectivity index (χ3n) is 5.12. The van der Waals surface area contributed by atoms with E-state index in [-0.39, 0.29) is 23.9 Å². The van der Waals surface area contributed by atoms with Crippen molar-refractivity contribution in [3.63, 3.8) is 0 Å². The standard InChI is InChI=1S/C26H38N2O6S/c1-19(2)17-28(35(31,32)22-14-12-21(33-6)13-15-22)18-24(29)23(16-20-10-8-7-9-11-20)27-25(30)34-26(3,4)5/h7-15,19,23-24,29H,16-18H2,1-6H3,(H,27,30)/t23-,24+/m1/s1. The minimum atomic E-state index is -3.91. The van der Waals surface area contributed by atoms with Crippen LogP contribution < -0.4 is 10.1 Å². The molecule has 0 unspecified atom stereocenters. The fraction of sp³-hybridized carbons (Fsp3) is 0.500. The molecule has 194 valence electrons. The molecule has 0 spiro atoms.